The van der Waals surface area contributed by atoms with Crippen molar-refractivity contribution in [2.45, 2.75) is 19.0 Å². The Balaban J connectivity index is 1.90. The van der Waals surface area contributed by atoms with Gasteiger partial charge in [-0.05, 0) is 25.0 Å². The number of aryl methyl sites for hydroxylation is 1. The Hall–Kier alpha value is -2.84. The Morgan fingerprint density at radius 1 is 1.29 bits per heavy atom. The molecule has 24 heavy (non-hydrogen) atoms. The number of hydrogen-bond acceptors (Lipinski definition) is 5. The largest absolute Gasteiger partial charge is 0.487 e. The van der Waals surface area contributed by atoms with Gasteiger partial charge in [-0.25, -0.2) is 4.98 Å². The van der Waals surface area contributed by atoms with Crippen LogP contribution in [0.4, 0.5) is 18.9 Å². The molecule has 0 N–H and O–H groups in total. The van der Waals surface area contributed by atoms with Gasteiger partial charge in [-0.15, -0.1) is 0 Å². The van der Waals surface area contributed by atoms with E-state index in [0.717, 1.165) is 12.1 Å². The second-order valence-corrected chi connectivity index (χ2v) is 5.12. The van der Waals surface area contributed by atoms with Gasteiger partial charge in [0.1, 0.15) is 5.75 Å². The van der Waals surface area contributed by atoms with Gasteiger partial charge in [0.25, 0.3) is 0 Å². The van der Waals surface area contributed by atoms with Crippen LogP contribution in [-0.4, -0.2) is 16.5 Å². The maximum Gasteiger partial charge on any atom is 0.417 e. The summed E-state index contributed by atoms with van der Waals surface area (Å²) >= 11 is 0. The minimum Gasteiger partial charge on any atom is -0.487 e. The van der Waals surface area contributed by atoms with E-state index in [1.54, 1.807) is 6.07 Å². The quantitative estimate of drug-likeness (QED) is 0.620. The van der Waals surface area contributed by atoms with Gasteiger partial charge in [0, 0.05) is 17.8 Å². The molecule has 0 unspecified atom stereocenters. The number of pyridine rings is 1. The van der Waals surface area contributed by atoms with Gasteiger partial charge in [-0.2, -0.15) is 13.2 Å². The maximum atomic E-state index is 12.5. The molecular formula is C15H11F3N2O4. The van der Waals surface area contributed by atoms with Crippen LogP contribution in [0.3, 0.4) is 0 Å². The number of nitro groups is 1. The molecule has 0 atom stereocenters. The molecule has 0 fully saturated rings. The highest BCUT2D eigenvalue weighted by molar-refractivity contribution is 5.57. The van der Waals surface area contributed by atoms with Crippen molar-refractivity contribution in [3.8, 4) is 17.4 Å². The summed E-state index contributed by atoms with van der Waals surface area (Å²) in [5.41, 5.74) is -0.522. The third-order valence-corrected chi connectivity index (χ3v) is 3.44. The molecule has 1 aliphatic heterocycles. The van der Waals surface area contributed by atoms with Gasteiger partial charge >= 0.3 is 11.9 Å². The fourth-order valence-electron chi connectivity index (χ4n) is 2.36. The van der Waals surface area contributed by atoms with Gasteiger partial charge in [0.2, 0.25) is 11.6 Å². The van der Waals surface area contributed by atoms with E-state index >= 15 is 0 Å². The molecule has 1 aromatic carbocycles. The van der Waals surface area contributed by atoms with Crippen LogP contribution in [0.15, 0.2) is 30.5 Å². The van der Waals surface area contributed by atoms with Gasteiger partial charge in [-0.1, -0.05) is 0 Å². The number of halogens is 3. The maximum absolute atomic E-state index is 12.5. The first kappa shape index (κ1) is 16.0. The first-order chi connectivity index (χ1) is 11.3. The van der Waals surface area contributed by atoms with Gasteiger partial charge in [0.15, 0.2) is 0 Å². The van der Waals surface area contributed by atoms with E-state index in [9.17, 15) is 23.3 Å². The molecule has 0 saturated heterocycles. The Kier molecular flexibility index (Phi) is 4.00. The Morgan fingerprint density at radius 3 is 2.71 bits per heavy atom. The monoisotopic (exact) mass is 340 g/mol. The SMILES string of the molecule is O=[N+]([O-])c1cc(Oc2ccc(C(F)(F)F)cn2)cc2c1OCCC2. The fraction of sp³-hybridized carbons (Fsp3) is 0.267. The summed E-state index contributed by atoms with van der Waals surface area (Å²) in [7, 11) is 0. The molecule has 2 aromatic rings. The highest BCUT2D eigenvalue weighted by Crippen LogP contribution is 2.39. The van der Waals surface area contributed by atoms with Crippen molar-refractivity contribution in [2.24, 2.45) is 0 Å². The van der Waals surface area contributed by atoms with E-state index in [-0.39, 0.29) is 23.1 Å². The number of ether oxygens (including phenoxy) is 2. The molecule has 3 rings (SSSR count). The normalized spacial score (nSPS) is 13.8. The summed E-state index contributed by atoms with van der Waals surface area (Å²) in [6, 6.07) is 4.63. The van der Waals surface area contributed by atoms with E-state index < -0.39 is 16.7 Å². The molecule has 0 saturated carbocycles. The molecule has 2 heterocycles. The van der Waals surface area contributed by atoms with Gasteiger partial charge < -0.3 is 9.47 Å². The minimum atomic E-state index is -4.49. The summed E-state index contributed by atoms with van der Waals surface area (Å²) in [6.45, 7) is 0.397. The van der Waals surface area contributed by atoms with E-state index in [2.05, 4.69) is 4.98 Å². The first-order valence-corrected chi connectivity index (χ1v) is 7.00. The summed E-state index contributed by atoms with van der Waals surface area (Å²) in [5, 5.41) is 11.2. The molecule has 1 aliphatic rings. The number of fused-ring (bicyclic) bond motifs is 1. The van der Waals surface area contributed by atoms with Crippen LogP contribution < -0.4 is 9.47 Å². The zero-order valence-corrected chi connectivity index (χ0v) is 12.2. The smallest absolute Gasteiger partial charge is 0.417 e. The van der Waals surface area contributed by atoms with Crippen molar-refractivity contribution in [1.82, 2.24) is 4.98 Å². The molecule has 9 heteroatoms. The van der Waals surface area contributed by atoms with E-state index in [0.29, 0.717) is 31.2 Å². The summed E-state index contributed by atoms with van der Waals surface area (Å²) in [5.74, 6) is 0.242. The lowest BCUT2D eigenvalue weighted by Gasteiger charge is -2.18. The van der Waals surface area contributed by atoms with Crippen molar-refractivity contribution in [3.05, 3.63) is 51.7 Å². The number of rotatable bonds is 3. The van der Waals surface area contributed by atoms with E-state index in [4.69, 9.17) is 9.47 Å². The summed E-state index contributed by atoms with van der Waals surface area (Å²) in [4.78, 5) is 14.2. The zero-order valence-electron chi connectivity index (χ0n) is 12.2. The lowest BCUT2D eigenvalue weighted by Crippen LogP contribution is -2.10. The second-order valence-electron chi connectivity index (χ2n) is 5.12. The third kappa shape index (κ3) is 3.24. The van der Waals surface area contributed by atoms with E-state index in [1.807, 2.05) is 0 Å². The average molecular weight is 340 g/mol. The predicted octanol–water partition coefficient (Wildman–Crippen LogP) is 4.13. The third-order valence-electron chi connectivity index (χ3n) is 3.44. The second kappa shape index (κ2) is 5.99. The van der Waals surface area contributed by atoms with Crippen LogP contribution in [0.2, 0.25) is 0 Å². The number of hydrogen-bond donors (Lipinski definition) is 0. The predicted molar refractivity (Wildman–Crippen MR) is 76.2 cm³/mol. The van der Waals surface area contributed by atoms with Crippen LogP contribution in [-0.2, 0) is 12.6 Å². The highest BCUT2D eigenvalue weighted by atomic mass is 19.4. The van der Waals surface area contributed by atoms with Crippen molar-refractivity contribution in [1.29, 1.82) is 0 Å². The number of aromatic nitrogens is 1. The molecule has 6 nitrogen and oxygen atoms in total. The summed E-state index contributed by atoms with van der Waals surface area (Å²) < 4.78 is 48.2. The van der Waals surface area contributed by atoms with Gasteiger partial charge in [0.05, 0.1) is 23.2 Å². The number of nitro benzene ring substituents is 1. The molecule has 1 aromatic heterocycles. The lowest BCUT2D eigenvalue weighted by molar-refractivity contribution is -0.386. The number of alkyl halides is 3. The van der Waals surface area contributed by atoms with Crippen LogP contribution in [0, 0.1) is 10.1 Å². The molecule has 0 radical (unpaired) electrons. The Labute approximate surface area is 134 Å². The summed E-state index contributed by atoms with van der Waals surface area (Å²) in [6.07, 6.45) is -2.54. The van der Waals surface area contributed by atoms with Crippen molar-refractivity contribution in [3.63, 3.8) is 0 Å². The first-order valence-electron chi connectivity index (χ1n) is 7.00. The minimum absolute atomic E-state index is 0.0889. The highest BCUT2D eigenvalue weighted by Gasteiger charge is 2.31. The van der Waals surface area contributed by atoms with Gasteiger partial charge in [-0.3, -0.25) is 10.1 Å². The standard InChI is InChI=1S/C15H11F3N2O4/c16-15(17,18)10-3-4-13(19-8-10)24-11-6-9-2-1-5-23-14(9)12(7-11)20(21)22/h3-4,6-8H,1-2,5H2. The van der Waals surface area contributed by atoms with Crippen LogP contribution in [0.25, 0.3) is 0 Å². The zero-order chi connectivity index (χ0) is 17.3. The number of nitrogens with zero attached hydrogens (tertiary/aromatic N) is 2. The van der Waals surface area contributed by atoms with Crippen LogP contribution in [0.5, 0.6) is 17.4 Å². The molecule has 0 aliphatic carbocycles. The molecule has 0 spiro atoms. The van der Waals surface area contributed by atoms with Crippen molar-refractivity contribution < 1.29 is 27.6 Å². The lowest BCUT2D eigenvalue weighted by atomic mass is 10.0. The molecule has 126 valence electrons. The number of benzene rings is 1. The van der Waals surface area contributed by atoms with Crippen molar-refractivity contribution in [2.75, 3.05) is 6.61 Å². The fourth-order valence-corrected chi connectivity index (χ4v) is 2.36. The Bertz CT molecular complexity index is 776. The van der Waals surface area contributed by atoms with Crippen LogP contribution >= 0.6 is 0 Å². The Morgan fingerprint density at radius 2 is 2.08 bits per heavy atom. The van der Waals surface area contributed by atoms with E-state index in [1.165, 1.54) is 6.07 Å². The molecule has 0 bridgehead atoms. The van der Waals surface area contributed by atoms with Crippen molar-refractivity contribution >= 4 is 5.69 Å². The van der Waals surface area contributed by atoms with Crippen LogP contribution in [0.1, 0.15) is 17.5 Å². The average Bonchev–Trinajstić information content (AvgIpc) is 2.53. The molecule has 0 amide bonds. The molecular weight excluding hydrogens is 329 g/mol. The topological polar surface area (TPSA) is 74.5 Å².